The lowest BCUT2D eigenvalue weighted by molar-refractivity contribution is 0.252. The summed E-state index contributed by atoms with van der Waals surface area (Å²) in [5.74, 6) is 2.08. The molecule has 0 spiro atoms. The van der Waals surface area contributed by atoms with E-state index in [2.05, 4.69) is 41.4 Å². The number of rotatable bonds is 6. The van der Waals surface area contributed by atoms with E-state index in [1.807, 2.05) is 31.2 Å². The van der Waals surface area contributed by atoms with Crippen molar-refractivity contribution in [3.63, 3.8) is 0 Å². The maximum absolute atomic E-state index is 5.63. The summed E-state index contributed by atoms with van der Waals surface area (Å²) >= 11 is 1.53. The first kappa shape index (κ1) is 15.6. The Hall–Kier alpha value is -2.27. The van der Waals surface area contributed by atoms with Crippen molar-refractivity contribution in [1.29, 1.82) is 0 Å². The summed E-state index contributed by atoms with van der Waals surface area (Å²) in [4.78, 5) is 0. The highest BCUT2D eigenvalue weighted by atomic mass is 32.2. The summed E-state index contributed by atoms with van der Waals surface area (Å²) in [5.41, 5.74) is 3.69. The van der Waals surface area contributed by atoms with E-state index in [0.29, 0.717) is 11.1 Å². The van der Waals surface area contributed by atoms with Crippen molar-refractivity contribution >= 4 is 11.8 Å². The highest BCUT2D eigenvalue weighted by Crippen LogP contribution is 2.22. The predicted octanol–water partition coefficient (Wildman–Crippen LogP) is 4.56. The minimum absolute atomic E-state index is 0.279. The molecule has 3 aromatic rings. The molecule has 0 radical (unpaired) electrons. The predicted molar refractivity (Wildman–Crippen MR) is 90.5 cm³/mol. The van der Waals surface area contributed by atoms with E-state index >= 15 is 0 Å². The molecule has 0 atom stereocenters. The van der Waals surface area contributed by atoms with Crippen LogP contribution in [0, 0.1) is 13.8 Å². The molecule has 3 rings (SSSR count). The van der Waals surface area contributed by atoms with Gasteiger partial charge in [-0.3, -0.25) is 0 Å². The molecule has 1 aromatic heterocycles. The van der Waals surface area contributed by atoms with Gasteiger partial charge in [0.15, 0.2) is 6.61 Å². The molecule has 0 saturated heterocycles. The van der Waals surface area contributed by atoms with Crippen LogP contribution >= 0.6 is 11.8 Å². The van der Waals surface area contributed by atoms with Crippen LogP contribution in [0.5, 0.6) is 5.75 Å². The first-order chi connectivity index (χ1) is 11.2. The largest absolute Gasteiger partial charge is 0.484 e. The smallest absolute Gasteiger partial charge is 0.277 e. The molecule has 0 unspecified atom stereocenters. The first-order valence-corrected chi connectivity index (χ1v) is 8.38. The van der Waals surface area contributed by atoms with Crippen molar-refractivity contribution in [1.82, 2.24) is 10.2 Å². The lowest BCUT2D eigenvalue weighted by Gasteiger charge is -2.02. The van der Waals surface area contributed by atoms with Gasteiger partial charge < -0.3 is 9.15 Å². The van der Waals surface area contributed by atoms with Gasteiger partial charge in [-0.1, -0.05) is 59.3 Å². The number of nitrogens with zero attached hydrogens (tertiary/aromatic N) is 2. The second kappa shape index (κ2) is 7.33. The third-order valence-corrected chi connectivity index (χ3v) is 4.20. The first-order valence-electron chi connectivity index (χ1n) is 7.39. The third-order valence-electron chi connectivity index (χ3n) is 3.31. The van der Waals surface area contributed by atoms with Crippen LogP contribution < -0.4 is 4.74 Å². The van der Waals surface area contributed by atoms with Crippen molar-refractivity contribution in [2.45, 2.75) is 31.4 Å². The number of benzene rings is 2. The lowest BCUT2D eigenvalue weighted by atomic mass is 10.2. The topological polar surface area (TPSA) is 48.2 Å². The number of aryl methyl sites for hydroxylation is 2. The van der Waals surface area contributed by atoms with Crippen LogP contribution in [0.3, 0.4) is 0 Å². The van der Waals surface area contributed by atoms with Crippen LogP contribution in [0.2, 0.25) is 0 Å². The molecular formula is C18H18N2O2S. The molecule has 5 heteroatoms. The molecule has 2 aromatic carbocycles. The van der Waals surface area contributed by atoms with Gasteiger partial charge in [-0.2, -0.15) is 0 Å². The Bertz CT molecular complexity index is 687. The van der Waals surface area contributed by atoms with Crippen molar-refractivity contribution in [2.75, 3.05) is 0 Å². The van der Waals surface area contributed by atoms with Gasteiger partial charge in [0.05, 0.1) is 0 Å². The Morgan fingerprint density at radius 1 is 0.913 bits per heavy atom. The van der Waals surface area contributed by atoms with Crippen molar-refractivity contribution in [2.24, 2.45) is 0 Å². The molecule has 1 heterocycles. The van der Waals surface area contributed by atoms with E-state index in [9.17, 15) is 0 Å². The number of ether oxygens (including phenoxy) is 1. The molecule has 0 bridgehead atoms. The number of thioether (sulfide) groups is 1. The van der Waals surface area contributed by atoms with Gasteiger partial charge in [0.2, 0.25) is 0 Å². The zero-order valence-corrected chi connectivity index (χ0v) is 14.0. The standard InChI is InChI=1S/C18H18N2O2S/c1-13-3-7-15(8-4-13)12-23-18-20-19-17(22-18)11-21-16-9-5-14(2)6-10-16/h3-10H,11-12H2,1-2H3. The molecule has 0 aliphatic carbocycles. The van der Waals surface area contributed by atoms with Crippen LogP contribution in [0.4, 0.5) is 0 Å². The zero-order chi connectivity index (χ0) is 16.1. The summed E-state index contributed by atoms with van der Waals surface area (Å²) in [6, 6.07) is 16.3. The van der Waals surface area contributed by atoms with Crippen molar-refractivity contribution in [3.05, 3.63) is 71.1 Å². The average Bonchev–Trinajstić information content (AvgIpc) is 3.02. The summed E-state index contributed by atoms with van der Waals surface area (Å²) < 4.78 is 11.2. The fourth-order valence-electron chi connectivity index (χ4n) is 1.96. The molecule has 4 nitrogen and oxygen atoms in total. The highest BCUT2D eigenvalue weighted by molar-refractivity contribution is 7.98. The van der Waals surface area contributed by atoms with Gasteiger partial charge >= 0.3 is 0 Å². The maximum atomic E-state index is 5.63. The summed E-state index contributed by atoms with van der Waals surface area (Å²) in [7, 11) is 0. The molecule has 0 N–H and O–H groups in total. The van der Waals surface area contributed by atoms with E-state index < -0.39 is 0 Å². The Balaban J connectivity index is 1.51. The SMILES string of the molecule is Cc1ccc(CSc2nnc(COc3ccc(C)cc3)o2)cc1. The minimum Gasteiger partial charge on any atom is -0.484 e. The van der Waals surface area contributed by atoms with Gasteiger partial charge in [-0.05, 0) is 31.5 Å². The monoisotopic (exact) mass is 326 g/mol. The van der Waals surface area contributed by atoms with Crippen molar-refractivity contribution in [3.8, 4) is 5.75 Å². The fraction of sp³-hybridized carbons (Fsp3) is 0.222. The quantitative estimate of drug-likeness (QED) is 0.622. The van der Waals surface area contributed by atoms with Gasteiger partial charge in [-0.25, -0.2) is 0 Å². The Morgan fingerprint density at radius 3 is 2.26 bits per heavy atom. The van der Waals surface area contributed by atoms with Crippen molar-refractivity contribution < 1.29 is 9.15 Å². The Morgan fingerprint density at radius 2 is 1.57 bits per heavy atom. The lowest BCUT2D eigenvalue weighted by Crippen LogP contribution is -1.95. The van der Waals surface area contributed by atoms with Crippen LogP contribution in [0.25, 0.3) is 0 Å². The third kappa shape index (κ3) is 4.60. The van der Waals surface area contributed by atoms with E-state index in [-0.39, 0.29) is 6.61 Å². The summed E-state index contributed by atoms with van der Waals surface area (Å²) in [6.45, 7) is 4.40. The minimum atomic E-state index is 0.279. The highest BCUT2D eigenvalue weighted by Gasteiger charge is 2.08. The molecule has 118 valence electrons. The van der Waals surface area contributed by atoms with E-state index in [1.165, 1.54) is 28.5 Å². The average molecular weight is 326 g/mol. The second-order valence-corrected chi connectivity index (χ2v) is 6.26. The van der Waals surface area contributed by atoms with E-state index in [0.717, 1.165) is 11.5 Å². The summed E-state index contributed by atoms with van der Waals surface area (Å²) in [5, 5.41) is 8.62. The molecule has 0 aliphatic rings. The number of aromatic nitrogens is 2. The molecular weight excluding hydrogens is 308 g/mol. The van der Waals surface area contributed by atoms with Crippen LogP contribution in [-0.2, 0) is 12.4 Å². The fourth-order valence-corrected chi connectivity index (χ4v) is 2.70. The van der Waals surface area contributed by atoms with Gasteiger partial charge in [0, 0.05) is 5.75 Å². The molecule has 0 aliphatic heterocycles. The van der Waals surface area contributed by atoms with Gasteiger partial charge in [0.1, 0.15) is 5.75 Å². The van der Waals surface area contributed by atoms with E-state index in [4.69, 9.17) is 9.15 Å². The zero-order valence-electron chi connectivity index (χ0n) is 13.2. The molecule has 0 saturated carbocycles. The normalized spacial score (nSPS) is 10.7. The molecule has 0 amide bonds. The number of hydrogen-bond acceptors (Lipinski definition) is 5. The van der Waals surface area contributed by atoms with Crippen LogP contribution in [-0.4, -0.2) is 10.2 Å². The molecule has 23 heavy (non-hydrogen) atoms. The Labute approximate surface area is 139 Å². The van der Waals surface area contributed by atoms with E-state index in [1.54, 1.807) is 0 Å². The number of hydrogen-bond donors (Lipinski definition) is 0. The second-order valence-electron chi connectivity index (χ2n) is 5.34. The van der Waals surface area contributed by atoms with Crippen LogP contribution in [0.1, 0.15) is 22.6 Å². The van der Waals surface area contributed by atoms with Crippen LogP contribution in [0.15, 0.2) is 58.2 Å². The maximum Gasteiger partial charge on any atom is 0.277 e. The summed E-state index contributed by atoms with van der Waals surface area (Å²) in [6.07, 6.45) is 0. The van der Waals surface area contributed by atoms with Gasteiger partial charge in [-0.15, -0.1) is 10.2 Å². The molecule has 0 fully saturated rings. The Kier molecular flexibility index (Phi) is 4.98. The van der Waals surface area contributed by atoms with Gasteiger partial charge in [0.25, 0.3) is 11.1 Å².